The number of carbonyl (C=O) groups excluding carboxylic acids is 1. The number of hydrogen-bond donors (Lipinski definition) is 2. The number of aromatic nitrogens is 1. The third-order valence-corrected chi connectivity index (χ3v) is 4.86. The second-order valence-electron chi connectivity index (χ2n) is 6.61. The summed E-state index contributed by atoms with van der Waals surface area (Å²) >= 11 is 5.03. The number of benzene rings is 1. The van der Waals surface area contributed by atoms with Crippen LogP contribution in [0.5, 0.6) is 0 Å². The van der Waals surface area contributed by atoms with Crippen molar-refractivity contribution < 1.29 is 4.79 Å². The van der Waals surface area contributed by atoms with Gasteiger partial charge in [0, 0.05) is 24.0 Å². The van der Waals surface area contributed by atoms with Gasteiger partial charge in [0.15, 0.2) is 5.11 Å². The van der Waals surface area contributed by atoms with Crippen molar-refractivity contribution in [3.63, 3.8) is 0 Å². The maximum absolute atomic E-state index is 12.0. The van der Waals surface area contributed by atoms with Crippen molar-refractivity contribution in [1.29, 1.82) is 0 Å². The number of nitrogens with one attached hydrogen (secondary N) is 2. The molecule has 0 aliphatic carbocycles. The van der Waals surface area contributed by atoms with E-state index in [2.05, 4.69) is 46.7 Å². The Balaban J connectivity index is 1.85. The number of fused-ring (bicyclic) bond motifs is 1. The molecule has 0 saturated carbocycles. The van der Waals surface area contributed by atoms with Gasteiger partial charge in [0.2, 0.25) is 0 Å². The van der Waals surface area contributed by atoms with Gasteiger partial charge in [0.25, 0.3) is 5.91 Å². The molecule has 0 atom stereocenters. The molecule has 0 unspecified atom stereocenters. The van der Waals surface area contributed by atoms with Crippen molar-refractivity contribution in [2.75, 3.05) is 18.0 Å². The van der Waals surface area contributed by atoms with Gasteiger partial charge >= 0.3 is 0 Å². The van der Waals surface area contributed by atoms with Crippen LogP contribution in [0.3, 0.4) is 0 Å². The summed E-state index contributed by atoms with van der Waals surface area (Å²) in [5.74, 6) is 0.745. The Morgan fingerprint density at radius 3 is 2.68 bits per heavy atom. The van der Waals surface area contributed by atoms with Crippen molar-refractivity contribution in [1.82, 2.24) is 15.6 Å². The van der Waals surface area contributed by atoms with Crippen LogP contribution in [0.25, 0.3) is 17.0 Å². The molecule has 3 heterocycles. The van der Waals surface area contributed by atoms with Crippen LogP contribution >= 0.6 is 12.2 Å². The first-order valence-electron chi connectivity index (χ1n) is 8.60. The number of carbonyl (C=O) groups is 1. The molecule has 1 aromatic heterocycles. The van der Waals surface area contributed by atoms with Crippen LogP contribution < -0.4 is 15.5 Å². The van der Waals surface area contributed by atoms with E-state index in [1.807, 2.05) is 6.08 Å². The van der Waals surface area contributed by atoms with Gasteiger partial charge < -0.3 is 10.2 Å². The summed E-state index contributed by atoms with van der Waals surface area (Å²) in [5.41, 5.74) is 3.59. The number of hydrogen-bond acceptors (Lipinski definition) is 4. The highest BCUT2D eigenvalue weighted by Gasteiger charge is 2.22. The minimum atomic E-state index is -0.195. The summed E-state index contributed by atoms with van der Waals surface area (Å²) < 4.78 is 0. The van der Waals surface area contributed by atoms with Crippen LogP contribution in [0.1, 0.15) is 30.4 Å². The van der Waals surface area contributed by atoms with Crippen LogP contribution in [-0.4, -0.2) is 29.1 Å². The van der Waals surface area contributed by atoms with E-state index in [0.29, 0.717) is 10.8 Å². The molecule has 2 saturated heterocycles. The second kappa shape index (κ2) is 6.44. The van der Waals surface area contributed by atoms with E-state index in [-0.39, 0.29) is 5.91 Å². The quantitative estimate of drug-likeness (QED) is 0.643. The fourth-order valence-corrected chi connectivity index (χ4v) is 3.61. The molecule has 4 rings (SSSR count). The second-order valence-corrected chi connectivity index (χ2v) is 7.02. The predicted molar refractivity (Wildman–Crippen MR) is 104 cm³/mol. The van der Waals surface area contributed by atoms with Gasteiger partial charge in [-0.25, -0.2) is 4.98 Å². The summed E-state index contributed by atoms with van der Waals surface area (Å²) in [5, 5.41) is 6.96. The summed E-state index contributed by atoms with van der Waals surface area (Å²) in [6.45, 7) is 4.07. The molecule has 2 fully saturated rings. The Labute approximate surface area is 152 Å². The molecule has 5 nitrogen and oxygen atoms in total. The van der Waals surface area contributed by atoms with Crippen LogP contribution in [0, 0.1) is 6.92 Å². The molecule has 6 heteroatoms. The zero-order chi connectivity index (χ0) is 17.4. The van der Waals surface area contributed by atoms with Gasteiger partial charge in [-0.3, -0.25) is 10.1 Å². The number of nitrogens with zero attached hydrogens (tertiary/aromatic N) is 2. The molecular formula is C19H20N4OS. The minimum absolute atomic E-state index is 0.195. The molecule has 128 valence electrons. The maximum Gasteiger partial charge on any atom is 0.273 e. The molecule has 1 aromatic carbocycles. The standard InChI is InChI=1S/C19H20N4OS/c1-12-5-6-15-13(9-12)10-14(11-16-18(24)22-19(25)21-16)17(20-15)23-7-3-2-4-8-23/h5-6,9-11H,2-4,7-8H2,1H3,(H2,21,22,24,25)/b16-11-. The lowest BCUT2D eigenvalue weighted by Crippen LogP contribution is -2.30. The molecule has 2 aliphatic rings. The third kappa shape index (κ3) is 3.22. The van der Waals surface area contributed by atoms with Crippen LogP contribution in [0.4, 0.5) is 5.82 Å². The Morgan fingerprint density at radius 2 is 1.96 bits per heavy atom. The SMILES string of the molecule is Cc1ccc2nc(N3CCCCC3)c(/C=C3\NC(=S)NC3=O)cc2c1. The van der Waals surface area contributed by atoms with E-state index in [9.17, 15) is 4.79 Å². The van der Waals surface area contributed by atoms with E-state index in [4.69, 9.17) is 17.2 Å². The highest BCUT2D eigenvalue weighted by atomic mass is 32.1. The summed E-state index contributed by atoms with van der Waals surface area (Å²) in [6.07, 6.45) is 5.46. The maximum atomic E-state index is 12.0. The molecule has 0 bridgehead atoms. The van der Waals surface area contributed by atoms with E-state index >= 15 is 0 Å². The fraction of sp³-hybridized carbons (Fsp3) is 0.316. The molecule has 0 radical (unpaired) electrons. The summed E-state index contributed by atoms with van der Waals surface area (Å²) in [4.78, 5) is 19.3. The van der Waals surface area contributed by atoms with Gasteiger partial charge in [0.1, 0.15) is 11.5 Å². The zero-order valence-electron chi connectivity index (χ0n) is 14.1. The molecule has 25 heavy (non-hydrogen) atoms. The zero-order valence-corrected chi connectivity index (χ0v) is 14.9. The van der Waals surface area contributed by atoms with Crippen molar-refractivity contribution in [2.45, 2.75) is 26.2 Å². The fourth-order valence-electron chi connectivity index (χ4n) is 3.41. The van der Waals surface area contributed by atoms with Gasteiger partial charge in [-0.1, -0.05) is 11.6 Å². The Bertz CT molecular complexity index is 900. The first kappa shape index (κ1) is 16.0. The minimum Gasteiger partial charge on any atom is -0.356 e. The van der Waals surface area contributed by atoms with Crippen LogP contribution in [0.2, 0.25) is 0 Å². The Morgan fingerprint density at radius 1 is 1.16 bits per heavy atom. The largest absolute Gasteiger partial charge is 0.356 e. The number of anilines is 1. The van der Waals surface area contributed by atoms with E-state index in [1.165, 1.54) is 24.8 Å². The van der Waals surface area contributed by atoms with Gasteiger partial charge in [-0.2, -0.15) is 0 Å². The number of thiocarbonyl (C=S) groups is 1. The average molecular weight is 352 g/mol. The topological polar surface area (TPSA) is 57.3 Å². The van der Waals surface area contributed by atoms with Crippen molar-refractivity contribution in [3.8, 4) is 0 Å². The molecule has 0 spiro atoms. The average Bonchev–Trinajstić information content (AvgIpc) is 2.92. The molecule has 2 N–H and O–H groups in total. The van der Waals surface area contributed by atoms with E-state index in [1.54, 1.807) is 0 Å². The van der Waals surface area contributed by atoms with Crippen LogP contribution in [-0.2, 0) is 4.79 Å². The van der Waals surface area contributed by atoms with E-state index in [0.717, 1.165) is 35.4 Å². The normalized spacial score (nSPS) is 19.4. The Hall–Kier alpha value is -2.47. The first-order valence-corrected chi connectivity index (χ1v) is 9.01. The van der Waals surface area contributed by atoms with Crippen LogP contribution in [0.15, 0.2) is 30.0 Å². The summed E-state index contributed by atoms with van der Waals surface area (Å²) in [6, 6.07) is 8.38. The molecule has 1 amide bonds. The lowest BCUT2D eigenvalue weighted by molar-refractivity contribution is -0.115. The van der Waals surface area contributed by atoms with Crippen molar-refractivity contribution >= 4 is 46.0 Å². The number of piperidine rings is 1. The van der Waals surface area contributed by atoms with Crippen molar-refractivity contribution in [2.24, 2.45) is 0 Å². The predicted octanol–water partition coefficient (Wildman–Crippen LogP) is 2.88. The molecule has 2 aromatic rings. The van der Waals surface area contributed by atoms with Crippen molar-refractivity contribution in [3.05, 3.63) is 41.1 Å². The van der Waals surface area contributed by atoms with Gasteiger partial charge in [0.05, 0.1) is 5.52 Å². The lowest BCUT2D eigenvalue weighted by Gasteiger charge is -2.29. The smallest absolute Gasteiger partial charge is 0.273 e. The van der Waals surface area contributed by atoms with E-state index < -0.39 is 0 Å². The number of aryl methyl sites for hydroxylation is 1. The highest BCUT2D eigenvalue weighted by Crippen LogP contribution is 2.28. The Kier molecular flexibility index (Phi) is 4.13. The monoisotopic (exact) mass is 352 g/mol. The van der Waals surface area contributed by atoms with Gasteiger partial charge in [-0.15, -0.1) is 0 Å². The number of pyridine rings is 1. The number of rotatable bonds is 2. The van der Waals surface area contributed by atoms with Gasteiger partial charge in [-0.05, 0) is 62.7 Å². The molecular weight excluding hydrogens is 332 g/mol. The lowest BCUT2D eigenvalue weighted by atomic mass is 10.1. The molecule has 2 aliphatic heterocycles. The first-order chi connectivity index (χ1) is 12.1. The highest BCUT2D eigenvalue weighted by molar-refractivity contribution is 7.80. The third-order valence-electron chi connectivity index (χ3n) is 4.65. The number of amides is 1. The summed E-state index contributed by atoms with van der Waals surface area (Å²) in [7, 11) is 0.